The maximum Gasteiger partial charge on any atom is 0.141 e. The van der Waals surface area contributed by atoms with Crippen molar-refractivity contribution in [2.24, 2.45) is 10.7 Å². The Morgan fingerprint density at radius 3 is 2.83 bits per heavy atom. The van der Waals surface area contributed by atoms with Gasteiger partial charge in [0, 0.05) is 18.2 Å². The number of aliphatic hydroxyl groups is 1. The number of hydrogen-bond acceptors (Lipinski definition) is 5. The first-order chi connectivity index (χ1) is 11.1. The number of methoxy groups -OCH3 is 1. The van der Waals surface area contributed by atoms with E-state index in [1.54, 1.807) is 18.4 Å². The fourth-order valence-electron chi connectivity index (χ4n) is 2.33. The molecule has 1 aromatic carbocycles. The van der Waals surface area contributed by atoms with Gasteiger partial charge < -0.3 is 15.6 Å². The SMILES string of the molecule is COc1ccc(N=C(N)c2cccs2)cc1C(C)N(C)CCO. The van der Waals surface area contributed by atoms with E-state index in [1.165, 1.54) is 0 Å². The van der Waals surface area contributed by atoms with Crippen molar-refractivity contribution >= 4 is 22.9 Å². The molecule has 1 aromatic heterocycles. The molecule has 1 heterocycles. The lowest BCUT2D eigenvalue weighted by Gasteiger charge is -2.25. The molecule has 3 N–H and O–H groups in total. The standard InChI is InChI=1S/C17H23N3O2S/c1-12(20(2)8-9-21)14-11-13(6-7-15(14)22-3)19-17(18)16-5-4-10-23-16/h4-7,10-12,21H,8-9H2,1-3H3,(H2,18,19). The van der Waals surface area contributed by atoms with Crippen molar-refractivity contribution in [3.8, 4) is 5.75 Å². The summed E-state index contributed by atoms with van der Waals surface area (Å²) in [6, 6.07) is 9.77. The summed E-state index contributed by atoms with van der Waals surface area (Å²) >= 11 is 1.56. The van der Waals surface area contributed by atoms with E-state index >= 15 is 0 Å². The zero-order valence-corrected chi connectivity index (χ0v) is 14.5. The highest BCUT2D eigenvalue weighted by atomic mass is 32.1. The second-order valence-corrected chi connectivity index (χ2v) is 6.23. The first kappa shape index (κ1) is 17.5. The van der Waals surface area contributed by atoms with Crippen LogP contribution in [0.1, 0.15) is 23.4 Å². The van der Waals surface area contributed by atoms with Gasteiger partial charge in [0.2, 0.25) is 0 Å². The Bertz CT molecular complexity index is 656. The second kappa shape index (κ2) is 8.10. The molecule has 5 nitrogen and oxygen atoms in total. The van der Waals surface area contributed by atoms with Gasteiger partial charge in [-0.05, 0) is 43.6 Å². The Balaban J connectivity index is 2.33. The zero-order chi connectivity index (χ0) is 16.8. The maximum atomic E-state index is 9.13. The number of benzene rings is 1. The van der Waals surface area contributed by atoms with Crippen LogP contribution in [0.2, 0.25) is 0 Å². The van der Waals surface area contributed by atoms with Gasteiger partial charge in [-0.15, -0.1) is 11.3 Å². The van der Waals surface area contributed by atoms with Crippen molar-refractivity contribution in [1.29, 1.82) is 0 Å². The van der Waals surface area contributed by atoms with E-state index in [1.807, 2.05) is 42.8 Å². The normalized spacial score (nSPS) is 13.3. The molecule has 0 aliphatic rings. The quantitative estimate of drug-likeness (QED) is 0.604. The van der Waals surface area contributed by atoms with Crippen molar-refractivity contribution < 1.29 is 9.84 Å². The molecule has 124 valence electrons. The molecule has 2 rings (SSSR count). The Kier molecular flexibility index (Phi) is 6.15. The lowest BCUT2D eigenvalue weighted by Crippen LogP contribution is -2.25. The third-order valence-corrected chi connectivity index (χ3v) is 4.69. The van der Waals surface area contributed by atoms with Crippen LogP contribution in [0.15, 0.2) is 40.7 Å². The van der Waals surface area contributed by atoms with Crippen LogP contribution in [0.5, 0.6) is 5.75 Å². The average Bonchev–Trinajstić information content (AvgIpc) is 3.09. The molecule has 0 aliphatic heterocycles. The summed E-state index contributed by atoms with van der Waals surface area (Å²) < 4.78 is 5.46. The number of ether oxygens (including phenoxy) is 1. The van der Waals surface area contributed by atoms with E-state index in [0.29, 0.717) is 12.4 Å². The number of likely N-dealkylation sites (N-methyl/N-ethyl adjacent to an activating group) is 1. The van der Waals surface area contributed by atoms with Gasteiger partial charge in [0.1, 0.15) is 11.6 Å². The van der Waals surface area contributed by atoms with Crippen LogP contribution in [-0.2, 0) is 0 Å². The monoisotopic (exact) mass is 333 g/mol. The smallest absolute Gasteiger partial charge is 0.141 e. The van der Waals surface area contributed by atoms with Crippen LogP contribution >= 0.6 is 11.3 Å². The maximum absolute atomic E-state index is 9.13. The van der Waals surface area contributed by atoms with Crippen LogP contribution in [0.3, 0.4) is 0 Å². The predicted octanol–water partition coefficient (Wildman–Crippen LogP) is 2.78. The number of rotatable bonds is 7. The van der Waals surface area contributed by atoms with E-state index < -0.39 is 0 Å². The van der Waals surface area contributed by atoms with Crippen LogP contribution in [0.4, 0.5) is 5.69 Å². The van der Waals surface area contributed by atoms with Crippen molar-refractivity contribution in [3.63, 3.8) is 0 Å². The summed E-state index contributed by atoms with van der Waals surface area (Å²) in [4.78, 5) is 7.52. The van der Waals surface area contributed by atoms with E-state index in [4.69, 9.17) is 15.6 Å². The molecule has 0 saturated heterocycles. The lowest BCUT2D eigenvalue weighted by molar-refractivity contribution is 0.186. The van der Waals surface area contributed by atoms with E-state index in [9.17, 15) is 0 Å². The third-order valence-electron chi connectivity index (χ3n) is 3.80. The molecular formula is C17H23N3O2S. The summed E-state index contributed by atoms with van der Waals surface area (Å²) in [5.41, 5.74) is 7.87. The van der Waals surface area contributed by atoms with Gasteiger partial charge in [-0.3, -0.25) is 4.90 Å². The summed E-state index contributed by atoms with van der Waals surface area (Å²) in [6.07, 6.45) is 0. The minimum Gasteiger partial charge on any atom is -0.496 e. The number of thiophene rings is 1. The molecule has 6 heteroatoms. The topological polar surface area (TPSA) is 71.1 Å². The van der Waals surface area contributed by atoms with Crippen molar-refractivity contribution in [2.75, 3.05) is 27.3 Å². The van der Waals surface area contributed by atoms with Gasteiger partial charge in [0.05, 0.1) is 24.3 Å². The molecular weight excluding hydrogens is 310 g/mol. The Hall–Kier alpha value is -1.89. The number of nitrogens with two attached hydrogens (primary N) is 1. The van der Waals surface area contributed by atoms with E-state index in [2.05, 4.69) is 16.8 Å². The largest absolute Gasteiger partial charge is 0.496 e. The van der Waals surface area contributed by atoms with Crippen LogP contribution < -0.4 is 10.5 Å². The summed E-state index contributed by atoms with van der Waals surface area (Å²) in [6.45, 7) is 2.78. The first-order valence-corrected chi connectivity index (χ1v) is 8.32. The molecule has 23 heavy (non-hydrogen) atoms. The molecule has 0 aliphatic carbocycles. The van der Waals surface area contributed by atoms with Crippen LogP contribution in [-0.4, -0.2) is 43.2 Å². The number of aliphatic hydroxyl groups excluding tert-OH is 1. The van der Waals surface area contributed by atoms with Crippen LogP contribution in [0, 0.1) is 0 Å². The fourth-order valence-corrected chi connectivity index (χ4v) is 2.95. The minimum atomic E-state index is 0.0928. The van der Waals surface area contributed by atoms with Gasteiger partial charge in [0.15, 0.2) is 0 Å². The number of nitrogens with zero attached hydrogens (tertiary/aromatic N) is 2. The zero-order valence-electron chi connectivity index (χ0n) is 13.7. The number of aliphatic imine (C=N–C) groups is 1. The van der Waals surface area contributed by atoms with Gasteiger partial charge in [-0.25, -0.2) is 4.99 Å². The molecule has 0 saturated carbocycles. The Morgan fingerprint density at radius 1 is 1.43 bits per heavy atom. The lowest BCUT2D eigenvalue weighted by atomic mass is 10.0. The molecule has 2 aromatic rings. The minimum absolute atomic E-state index is 0.0928. The van der Waals surface area contributed by atoms with Crippen molar-refractivity contribution in [2.45, 2.75) is 13.0 Å². The highest BCUT2D eigenvalue weighted by Crippen LogP contribution is 2.32. The number of hydrogen-bond donors (Lipinski definition) is 2. The van der Waals surface area contributed by atoms with Crippen LogP contribution in [0.25, 0.3) is 0 Å². The third kappa shape index (κ3) is 4.31. The molecule has 0 bridgehead atoms. The van der Waals surface area contributed by atoms with Gasteiger partial charge in [-0.1, -0.05) is 6.07 Å². The van der Waals surface area contributed by atoms with Gasteiger partial charge >= 0.3 is 0 Å². The van der Waals surface area contributed by atoms with E-state index in [-0.39, 0.29) is 12.6 Å². The molecule has 0 radical (unpaired) electrons. The summed E-state index contributed by atoms with van der Waals surface area (Å²) in [7, 11) is 3.62. The first-order valence-electron chi connectivity index (χ1n) is 7.44. The molecule has 1 unspecified atom stereocenters. The molecule has 0 fully saturated rings. The van der Waals surface area contributed by atoms with Gasteiger partial charge in [0.25, 0.3) is 0 Å². The van der Waals surface area contributed by atoms with Crippen molar-refractivity contribution in [1.82, 2.24) is 4.90 Å². The molecule has 1 atom stereocenters. The summed E-state index contributed by atoms with van der Waals surface area (Å²) in [5.74, 6) is 1.31. The molecule has 0 spiro atoms. The average molecular weight is 333 g/mol. The Morgan fingerprint density at radius 2 is 2.22 bits per heavy atom. The second-order valence-electron chi connectivity index (χ2n) is 5.28. The highest BCUT2D eigenvalue weighted by Gasteiger charge is 2.16. The van der Waals surface area contributed by atoms with Crippen molar-refractivity contribution in [3.05, 3.63) is 46.2 Å². The Labute approximate surface area is 141 Å². The van der Waals surface area contributed by atoms with E-state index in [0.717, 1.165) is 21.9 Å². The number of amidine groups is 1. The summed E-state index contributed by atoms with van der Waals surface area (Å²) in [5, 5.41) is 11.1. The van der Waals surface area contributed by atoms with Gasteiger partial charge in [-0.2, -0.15) is 0 Å². The highest BCUT2D eigenvalue weighted by molar-refractivity contribution is 7.12. The fraction of sp³-hybridized carbons (Fsp3) is 0.353. The molecule has 0 amide bonds. The predicted molar refractivity (Wildman–Crippen MR) is 95.8 cm³/mol.